The number of halogens is 1. The molecule has 1 N–H and O–H groups in total. The minimum Gasteiger partial charge on any atom is -0.460 e. The van der Waals surface area contributed by atoms with Crippen molar-refractivity contribution in [1.29, 1.82) is 0 Å². The minimum absolute atomic E-state index is 0.224. The van der Waals surface area contributed by atoms with Crippen LogP contribution in [0.5, 0.6) is 0 Å². The van der Waals surface area contributed by atoms with Crippen LogP contribution < -0.4 is 5.32 Å². The number of hydrogen-bond donors (Lipinski definition) is 1. The van der Waals surface area contributed by atoms with E-state index in [0.717, 1.165) is 36.1 Å². The Labute approximate surface area is 119 Å². The zero-order valence-electron chi connectivity index (χ0n) is 11.6. The molecule has 3 heteroatoms. The van der Waals surface area contributed by atoms with E-state index in [1.807, 2.05) is 12.1 Å². The van der Waals surface area contributed by atoms with Crippen LogP contribution in [0.4, 0.5) is 4.39 Å². The average Bonchev–Trinajstić information content (AvgIpc) is 2.86. The predicted octanol–water partition coefficient (Wildman–Crippen LogP) is 4.37. The number of nitrogens with one attached hydrogen (secondary N) is 1. The SMILES string of the molecule is Fc1ccc(-c2ccc(CNCCC3CCC3)o2)cc1. The Morgan fingerprint density at radius 2 is 1.90 bits per heavy atom. The van der Waals surface area contributed by atoms with Crippen molar-refractivity contribution in [2.24, 2.45) is 5.92 Å². The van der Waals surface area contributed by atoms with Crippen LogP contribution in [-0.4, -0.2) is 6.54 Å². The van der Waals surface area contributed by atoms with Crippen LogP contribution in [0.15, 0.2) is 40.8 Å². The summed E-state index contributed by atoms with van der Waals surface area (Å²) in [6, 6.07) is 10.3. The van der Waals surface area contributed by atoms with Crippen LogP contribution >= 0.6 is 0 Å². The van der Waals surface area contributed by atoms with E-state index < -0.39 is 0 Å². The Morgan fingerprint density at radius 1 is 1.10 bits per heavy atom. The van der Waals surface area contributed by atoms with Gasteiger partial charge in [-0.2, -0.15) is 0 Å². The van der Waals surface area contributed by atoms with Crippen LogP contribution in [0.1, 0.15) is 31.4 Å². The quantitative estimate of drug-likeness (QED) is 0.791. The van der Waals surface area contributed by atoms with Crippen LogP contribution in [-0.2, 0) is 6.54 Å². The minimum atomic E-state index is -0.224. The zero-order chi connectivity index (χ0) is 13.8. The second kappa shape index (κ2) is 6.23. The zero-order valence-corrected chi connectivity index (χ0v) is 11.6. The molecular weight excluding hydrogens is 253 g/mol. The molecule has 1 aliphatic carbocycles. The number of rotatable bonds is 6. The molecule has 1 fully saturated rings. The normalized spacial score (nSPS) is 15.2. The van der Waals surface area contributed by atoms with Gasteiger partial charge in [0.1, 0.15) is 17.3 Å². The molecule has 0 saturated heterocycles. The maximum atomic E-state index is 12.9. The van der Waals surface area contributed by atoms with Gasteiger partial charge < -0.3 is 9.73 Å². The molecule has 0 spiro atoms. The summed E-state index contributed by atoms with van der Waals surface area (Å²) in [5, 5.41) is 3.42. The summed E-state index contributed by atoms with van der Waals surface area (Å²) < 4.78 is 18.6. The van der Waals surface area contributed by atoms with Crippen molar-refractivity contribution in [3.8, 4) is 11.3 Å². The molecule has 0 atom stereocenters. The second-order valence-corrected chi connectivity index (χ2v) is 5.54. The van der Waals surface area contributed by atoms with Crippen molar-refractivity contribution in [1.82, 2.24) is 5.32 Å². The highest BCUT2D eigenvalue weighted by Crippen LogP contribution is 2.28. The lowest BCUT2D eigenvalue weighted by atomic mass is 9.83. The van der Waals surface area contributed by atoms with Crippen LogP contribution in [0.25, 0.3) is 11.3 Å². The van der Waals surface area contributed by atoms with Gasteiger partial charge in [0.25, 0.3) is 0 Å². The first-order valence-electron chi connectivity index (χ1n) is 7.36. The van der Waals surface area contributed by atoms with E-state index in [-0.39, 0.29) is 5.82 Å². The van der Waals surface area contributed by atoms with Gasteiger partial charge in [-0.25, -0.2) is 4.39 Å². The molecule has 1 aromatic heterocycles. The lowest BCUT2D eigenvalue weighted by Gasteiger charge is -2.25. The molecule has 0 amide bonds. The first-order chi connectivity index (χ1) is 9.81. The van der Waals surface area contributed by atoms with Gasteiger partial charge in [-0.05, 0) is 55.3 Å². The van der Waals surface area contributed by atoms with Crippen molar-refractivity contribution >= 4 is 0 Å². The largest absolute Gasteiger partial charge is 0.460 e. The first-order valence-corrected chi connectivity index (χ1v) is 7.36. The Bertz CT molecular complexity index is 542. The molecule has 2 nitrogen and oxygen atoms in total. The highest BCUT2D eigenvalue weighted by Gasteiger charge is 2.16. The van der Waals surface area contributed by atoms with Crippen molar-refractivity contribution in [3.63, 3.8) is 0 Å². The topological polar surface area (TPSA) is 25.2 Å². The summed E-state index contributed by atoms with van der Waals surface area (Å²) in [5.74, 6) is 2.44. The van der Waals surface area contributed by atoms with Gasteiger partial charge >= 0.3 is 0 Å². The third kappa shape index (κ3) is 3.28. The summed E-state index contributed by atoms with van der Waals surface area (Å²) in [7, 11) is 0. The Kier molecular flexibility index (Phi) is 4.16. The monoisotopic (exact) mass is 273 g/mol. The Morgan fingerprint density at radius 3 is 2.60 bits per heavy atom. The highest BCUT2D eigenvalue weighted by atomic mass is 19.1. The Hall–Kier alpha value is -1.61. The van der Waals surface area contributed by atoms with Crippen LogP contribution in [0.3, 0.4) is 0 Å². The Balaban J connectivity index is 1.49. The van der Waals surface area contributed by atoms with Crippen LogP contribution in [0.2, 0.25) is 0 Å². The van der Waals surface area contributed by atoms with Crippen LogP contribution in [0, 0.1) is 11.7 Å². The van der Waals surface area contributed by atoms with E-state index >= 15 is 0 Å². The number of hydrogen-bond acceptors (Lipinski definition) is 2. The predicted molar refractivity (Wildman–Crippen MR) is 77.8 cm³/mol. The standard InChI is InChI=1S/C17H20FNO/c18-15-6-4-14(5-7-15)17-9-8-16(20-17)12-19-11-10-13-2-1-3-13/h4-9,13,19H,1-3,10-12H2. The van der Waals surface area contributed by atoms with Crippen molar-refractivity contribution < 1.29 is 8.81 Å². The van der Waals surface area contributed by atoms with E-state index in [9.17, 15) is 4.39 Å². The molecule has 1 aliphatic rings. The maximum Gasteiger partial charge on any atom is 0.134 e. The van der Waals surface area contributed by atoms with E-state index in [1.54, 1.807) is 12.1 Å². The fourth-order valence-corrected chi connectivity index (χ4v) is 2.54. The molecule has 20 heavy (non-hydrogen) atoms. The van der Waals surface area contributed by atoms with E-state index in [4.69, 9.17) is 4.42 Å². The molecule has 2 aromatic rings. The van der Waals surface area contributed by atoms with Gasteiger partial charge in [0.2, 0.25) is 0 Å². The molecule has 0 aliphatic heterocycles. The fraction of sp³-hybridized carbons (Fsp3) is 0.412. The summed E-state index contributed by atoms with van der Waals surface area (Å²) in [4.78, 5) is 0. The highest BCUT2D eigenvalue weighted by molar-refractivity contribution is 5.57. The summed E-state index contributed by atoms with van der Waals surface area (Å²) in [6.45, 7) is 1.81. The van der Waals surface area contributed by atoms with E-state index in [0.29, 0.717) is 0 Å². The third-order valence-electron chi connectivity index (χ3n) is 4.04. The van der Waals surface area contributed by atoms with Crippen molar-refractivity contribution in [2.75, 3.05) is 6.54 Å². The fourth-order valence-electron chi connectivity index (χ4n) is 2.54. The maximum absolute atomic E-state index is 12.9. The lowest BCUT2D eigenvalue weighted by molar-refractivity contribution is 0.290. The molecule has 0 radical (unpaired) electrons. The third-order valence-corrected chi connectivity index (χ3v) is 4.04. The van der Waals surface area contributed by atoms with Gasteiger partial charge in [0, 0.05) is 5.56 Å². The molecule has 1 heterocycles. The van der Waals surface area contributed by atoms with Gasteiger partial charge in [-0.3, -0.25) is 0 Å². The van der Waals surface area contributed by atoms with Crippen molar-refractivity contribution in [3.05, 3.63) is 48.0 Å². The van der Waals surface area contributed by atoms with Gasteiger partial charge in [0.15, 0.2) is 0 Å². The van der Waals surface area contributed by atoms with E-state index in [1.165, 1.54) is 37.8 Å². The van der Waals surface area contributed by atoms with E-state index in [2.05, 4.69) is 5.32 Å². The first kappa shape index (κ1) is 13.4. The number of furan rings is 1. The molecule has 1 saturated carbocycles. The average molecular weight is 273 g/mol. The molecule has 3 rings (SSSR count). The molecule has 0 unspecified atom stereocenters. The molecular formula is C17H20FNO. The van der Waals surface area contributed by atoms with Crippen molar-refractivity contribution in [2.45, 2.75) is 32.2 Å². The second-order valence-electron chi connectivity index (χ2n) is 5.54. The molecule has 0 bridgehead atoms. The number of benzene rings is 1. The summed E-state index contributed by atoms with van der Waals surface area (Å²) in [5.41, 5.74) is 0.909. The summed E-state index contributed by atoms with van der Waals surface area (Å²) in [6.07, 6.45) is 5.48. The summed E-state index contributed by atoms with van der Waals surface area (Å²) >= 11 is 0. The van der Waals surface area contributed by atoms with Gasteiger partial charge in [0.05, 0.1) is 6.54 Å². The lowest BCUT2D eigenvalue weighted by Crippen LogP contribution is -2.20. The van der Waals surface area contributed by atoms with Gasteiger partial charge in [-0.15, -0.1) is 0 Å². The molecule has 106 valence electrons. The van der Waals surface area contributed by atoms with Gasteiger partial charge in [-0.1, -0.05) is 19.3 Å². The smallest absolute Gasteiger partial charge is 0.134 e. The molecule has 1 aromatic carbocycles.